The highest BCUT2D eigenvalue weighted by atomic mass is 16.5. The molecule has 1 fully saturated rings. The molecule has 1 saturated heterocycles. The van der Waals surface area contributed by atoms with Crippen LogP contribution in [0.3, 0.4) is 0 Å². The highest BCUT2D eigenvalue weighted by molar-refractivity contribution is 4.85. The molecule has 0 aromatic heterocycles. The first kappa shape index (κ1) is 11.0. The van der Waals surface area contributed by atoms with Crippen LogP contribution in [-0.2, 0) is 9.47 Å². The highest BCUT2D eigenvalue weighted by Gasteiger charge is 2.37. The van der Waals surface area contributed by atoms with Crippen LogP contribution in [-0.4, -0.2) is 37.1 Å². The molecule has 1 heterocycles. The Morgan fingerprint density at radius 2 is 2.08 bits per heavy atom. The van der Waals surface area contributed by atoms with Gasteiger partial charge in [-0.1, -0.05) is 13.8 Å². The maximum atomic E-state index is 9.51. The van der Waals surface area contributed by atoms with E-state index in [9.17, 15) is 5.11 Å². The summed E-state index contributed by atoms with van der Waals surface area (Å²) in [5.41, 5.74) is 0. The van der Waals surface area contributed by atoms with Crippen molar-refractivity contribution in [3.8, 4) is 0 Å². The van der Waals surface area contributed by atoms with E-state index < -0.39 is 0 Å². The molecule has 1 aliphatic heterocycles. The fourth-order valence-corrected chi connectivity index (χ4v) is 1.84. The lowest BCUT2D eigenvalue weighted by molar-refractivity contribution is -0.0211. The van der Waals surface area contributed by atoms with Crippen LogP contribution in [0.15, 0.2) is 0 Å². The van der Waals surface area contributed by atoms with Crippen molar-refractivity contribution in [3.63, 3.8) is 0 Å². The molecule has 13 heavy (non-hydrogen) atoms. The molecule has 0 bridgehead atoms. The lowest BCUT2D eigenvalue weighted by Gasteiger charge is -2.27. The van der Waals surface area contributed by atoms with Gasteiger partial charge in [0.05, 0.1) is 24.9 Å². The normalized spacial score (nSPS) is 39.0. The summed E-state index contributed by atoms with van der Waals surface area (Å²) in [7, 11) is 1.71. The van der Waals surface area contributed by atoms with Gasteiger partial charge in [-0.3, -0.25) is 0 Å². The standard InChI is InChI=1S/C10H20O3/c1-6(8(3)12-4)10-7(2)9(11)5-13-10/h6-11H,5H2,1-4H3/t6-,7+,8+,9-,10-/m1/s1. The minimum absolute atomic E-state index is 0.130. The Balaban J connectivity index is 2.52. The smallest absolute Gasteiger partial charge is 0.0824 e. The van der Waals surface area contributed by atoms with Gasteiger partial charge in [-0.05, 0) is 6.92 Å². The fraction of sp³-hybridized carbons (Fsp3) is 1.00. The molecule has 0 aliphatic carbocycles. The number of methoxy groups -OCH3 is 1. The molecule has 0 unspecified atom stereocenters. The SMILES string of the molecule is CO[C@@H](C)[C@@H](C)[C@H]1OC[C@@H](O)[C@@H]1C. The highest BCUT2D eigenvalue weighted by Crippen LogP contribution is 2.29. The monoisotopic (exact) mass is 188 g/mol. The second-order valence-electron chi connectivity index (χ2n) is 4.02. The molecular formula is C10H20O3. The molecule has 1 N–H and O–H groups in total. The van der Waals surface area contributed by atoms with Crippen molar-refractivity contribution in [1.82, 2.24) is 0 Å². The van der Waals surface area contributed by atoms with Gasteiger partial charge in [-0.25, -0.2) is 0 Å². The molecule has 0 amide bonds. The lowest BCUT2D eigenvalue weighted by Crippen LogP contribution is -2.33. The Labute approximate surface area is 80.0 Å². The molecule has 1 rings (SSSR count). The molecule has 0 aromatic carbocycles. The van der Waals surface area contributed by atoms with Gasteiger partial charge in [0.1, 0.15) is 0 Å². The van der Waals surface area contributed by atoms with Gasteiger partial charge < -0.3 is 14.6 Å². The van der Waals surface area contributed by atoms with E-state index in [1.165, 1.54) is 0 Å². The third kappa shape index (κ3) is 2.22. The molecular weight excluding hydrogens is 168 g/mol. The Hall–Kier alpha value is -0.120. The first-order chi connectivity index (χ1) is 6.07. The van der Waals surface area contributed by atoms with Crippen molar-refractivity contribution in [3.05, 3.63) is 0 Å². The summed E-state index contributed by atoms with van der Waals surface area (Å²) >= 11 is 0. The van der Waals surface area contributed by atoms with Gasteiger partial charge in [0, 0.05) is 18.9 Å². The molecule has 78 valence electrons. The predicted molar refractivity (Wildman–Crippen MR) is 50.5 cm³/mol. The maximum absolute atomic E-state index is 9.51. The summed E-state index contributed by atoms with van der Waals surface area (Å²) < 4.78 is 10.8. The Morgan fingerprint density at radius 1 is 1.46 bits per heavy atom. The number of rotatable bonds is 3. The quantitative estimate of drug-likeness (QED) is 0.719. The first-order valence-electron chi connectivity index (χ1n) is 4.90. The van der Waals surface area contributed by atoms with Crippen LogP contribution in [0, 0.1) is 11.8 Å². The van der Waals surface area contributed by atoms with Gasteiger partial charge in [0.25, 0.3) is 0 Å². The van der Waals surface area contributed by atoms with Crippen LogP contribution >= 0.6 is 0 Å². The zero-order valence-electron chi connectivity index (χ0n) is 8.86. The van der Waals surface area contributed by atoms with Crippen LogP contribution in [0.25, 0.3) is 0 Å². The van der Waals surface area contributed by atoms with Crippen molar-refractivity contribution >= 4 is 0 Å². The summed E-state index contributed by atoms with van der Waals surface area (Å²) in [6, 6.07) is 0. The largest absolute Gasteiger partial charge is 0.390 e. The average Bonchev–Trinajstić information content (AvgIpc) is 2.45. The van der Waals surface area contributed by atoms with Crippen LogP contribution in [0.1, 0.15) is 20.8 Å². The molecule has 1 aliphatic rings. The van der Waals surface area contributed by atoms with Gasteiger partial charge in [0.2, 0.25) is 0 Å². The second kappa shape index (κ2) is 4.40. The van der Waals surface area contributed by atoms with Gasteiger partial charge in [-0.15, -0.1) is 0 Å². The van der Waals surface area contributed by atoms with Crippen molar-refractivity contribution < 1.29 is 14.6 Å². The van der Waals surface area contributed by atoms with E-state index in [0.29, 0.717) is 12.5 Å². The minimum Gasteiger partial charge on any atom is -0.390 e. The van der Waals surface area contributed by atoms with E-state index in [-0.39, 0.29) is 24.2 Å². The Morgan fingerprint density at radius 3 is 2.46 bits per heavy atom. The topological polar surface area (TPSA) is 38.7 Å². The third-order valence-corrected chi connectivity index (χ3v) is 3.21. The molecule has 0 aromatic rings. The molecule has 0 radical (unpaired) electrons. The number of hydrogen-bond acceptors (Lipinski definition) is 3. The van der Waals surface area contributed by atoms with Crippen LogP contribution in [0.2, 0.25) is 0 Å². The molecule has 3 nitrogen and oxygen atoms in total. The van der Waals surface area contributed by atoms with Gasteiger partial charge in [-0.2, -0.15) is 0 Å². The van der Waals surface area contributed by atoms with E-state index in [1.807, 2.05) is 13.8 Å². The summed E-state index contributed by atoms with van der Waals surface area (Å²) in [4.78, 5) is 0. The molecule has 5 atom stereocenters. The third-order valence-electron chi connectivity index (χ3n) is 3.21. The Bertz CT molecular complexity index is 160. The summed E-state index contributed by atoms with van der Waals surface area (Å²) in [5.74, 6) is 0.546. The summed E-state index contributed by atoms with van der Waals surface area (Å²) in [6.07, 6.45) is -0.000735. The minimum atomic E-state index is -0.309. The van der Waals surface area contributed by atoms with Crippen molar-refractivity contribution in [2.24, 2.45) is 11.8 Å². The summed E-state index contributed by atoms with van der Waals surface area (Å²) in [5, 5.41) is 9.51. The summed E-state index contributed by atoms with van der Waals surface area (Å²) in [6.45, 7) is 6.63. The number of aliphatic hydroxyl groups is 1. The van der Waals surface area contributed by atoms with Crippen LogP contribution in [0.5, 0.6) is 0 Å². The number of hydrogen-bond donors (Lipinski definition) is 1. The van der Waals surface area contributed by atoms with Crippen molar-refractivity contribution in [2.75, 3.05) is 13.7 Å². The van der Waals surface area contributed by atoms with E-state index in [0.717, 1.165) is 0 Å². The van der Waals surface area contributed by atoms with Gasteiger partial charge in [0.15, 0.2) is 0 Å². The van der Waals surface area contributed by atoms with Crippen LogP contribution in [0.4, 0.5) is 0 Å². The van der Waals surface area contributed by atoms with Gasteiger partial charge >= 0.3 is 0 Å². The van der Waals surface area contributed by atoms with E-state index in [4.69, 9.17) is 9.47 Å². The van der Waals surface area contributed by atoms with E-state index in [2.05, 4.69) is 6.92 Å². The van der Waals surface area contributed by atoms with E-state index >= 15 is 0 Å². The zero-order valence-corrected chi connectivity index (χ0v) is 8.86. The van der Waals surface area contributed by atoms with Crippen molar-refractivity contribution in [1.29, 1.82) is 0 Å². The van der Waals surface area contributed by atoms with E-state index in [1.54, 1.807) is 7.11 Å². The first-order valence-corrected chi connectivity index (χ1v) is 4.90. The average molecular weight is 188 g/mol. The molecule has 3 heteroatoms. The van der Waals surface area contributed by atoms with Crippen molar-refractivity contribution in [2.45, 2.75) is 39.1 Å². The maximum Gasteiger partial charge on any atom is 0.0824 e. The predicted octanol–water partition coefficient (Wildman–Crippen LogP) is 1.05. The number of ether oxygens (including phenoxy) is 2. The zero-order chi connectivity index (χ0) is 10.0. The fourth-order valence-electron chi connectivity index (χ4n) is 1.84. The Kier molecular flexibility index (Phi) is 3.71. The molecule has 0 spiro atoms. The number of aliphatic hydroxyl groups excluding tert-OH is 1. The second-order valence-corrected chi connectivity index (χ2v) is 4.02. The van der Waals surface area contributed by atoms with Crippen LogP contribution < -0.4 is 0 Å². The lowest BCUT2D eigenvalue weighted by atomic mass is 9.89. The molecule has 0 saturated carbocycles.